The van der Waals surface area contributed by atoms with E-state index in [1.54, 1.807) is 23.3 Å². The summed E-state index contributed by atoms with van der Waals surface area (Å²) in [5, 5.41) is 1.29. The van der Waals surface area contributed by atoms with E-state index in [1.165, 1.54) is 11.8 Å². The summed E-state index contributed by atoms with van der Waals surface area (Å²) in [6.07, 6.45) is 5.02. The van der Waals surface area contributed by atoms with Crippen LogP contribution < -0.4 is 5.73 Å². The lowest BCUT2D eigenvalue weighted by atomic mass is 10.2. The standard InChI is InChI=1S/C13H11ClN6S/c14-10-3-1-9(2-4-10)7-21-13-18-11(15)17-12(19-13)20-6-5-16-8-20/h1-6,8H,7H2,(H2,15,17,18,19). The highest BCUT2D eigenvalue weighted by Crippen LogP contribution is 2.21. The van der Waals surface area contributed by atoms with Crippen molar-refractivity contribution in [3.05, 3.63) is 53.6 Å². The molecule has 0 spiro atoms. The molecular formula is C13H11ClN6S. The zero-order chi connectivity index (χ0) is 14.7. The highest BCUT2D eigenvalue weighted by molar-refractivity contribution is 7.98. The van der Waals surface area contributed by atoms with Gasteiger partial charge in [-0.25, -0.2) is 4.98 Å². The van der Waals surface area contributed by atoms with Gasteiger partial charge in [0.2, 0.25) is 11.9 Å². The maximum Gasteiger partial charge on any atom is 0.240 e. The minimum absolute atomic E-state index is 0.187. The van der Waals surface area contributed by atoms with Gasteiger partial charge in [-0.05, 0) is 17.7 Å². The number of hydrogen-bond acceptors (Lipinski definition) is 6. The largest absolute Gasteiger partial charge is 0.368 e. The third kappa shape index (κ3) is 3.50. The summed E-state index contributed by atoms with van der Waals surface area (Å²) in [5.74, 6) is 1.37. The lowest BCUT2D eigenvalue weighted by molar-refractivity contribution is 0.832. The van der Waals surface area contributed by atoms with Crippen LogP contribution in [-0.4, -0.2) is 24.5 Å². The van der Waals surface area contributed by atoms with Crippen molar-refractivity contribution in [2.24, 2.45) is 0 Å². The number of thioether (sulfide) groups is 1. The second-order valence-electron chi connectivity index (χ2n) is 4.16. The molecule has 0 radical (unpaired) electrons. The van der Waals surface area contributed by atoms with Crippen LogP contribution in [0.5, 0.6) is 0 Å². The van der Waals surface area contributed by atoms with E-state index in [9.17, 15) is 0 Å². The lowest BCUT2D eigenvalue weighted by Gasteiger charge is -2.05. The summed E-state index contributed by atoms with van der Waals surface area (Å²) in [6.45, 7) is 0. The zero-order valence-corrected chi connectivity index (χ0v) is 12.4. The Morgan fingerprint density at radius 1 is 1.14 bits per heavy atom. The molecule has 2 aromatic heterocycles. The fourth-order valence-electron chi connectivity index (χ4n) is 1.65. The first-order chi connectivity index (χ1) is 10.2. The van der Waals surface area contributed by atoms with Crippen LogP contribution in [0, 0.1) is 0 Å². The Kier molecular flexibility index (Phi) is 4.03. The second-order valence-corrected chi connectivity index (χ2v) is 5.54. The summed E-state index contributed by atoms with van der Waals surface area (Å²) in [7, 11) is 0. The molecule has 0 aliphatic carbocycles. The Labute approximate surface area is 130 Å². The van der Waals surface area contributed by atoms with Gasteiger partial charge in [-0.3, -0.25) is 4.57 Å². The highest BCUT2D eigenvalue weighted by atomic mass is 35.5. The molecule has 0 saturated heterocycles. The third-order valence-electron chi connectivity index (χ3n) is 2.64. The molecule has 0 fully saturated rings. The molecular weight excluding hydrogens is 308 g/mol. The van der Waals surface area contributed by atoms with E-state index >= 15 is 0 Å². The molecule has 6 nitrogen and oxygen atoms in total. The van der Waals surface area contributed by atoms with Crippen LogP contribution >= 0.6 is 23.4 Å². The smallest absolute Gasteiger partial charge is 0.240 e. The number of halogens is 1. The first kappa shape index (κ1) is 13.8. The molecule has 2 heterocycles. The van der Waals surface area contributed by atoms with E-state index in [0.29, 0.717) is 11.1 Å². The van der Waals surface area contributed by atoms with E-state index < -0.39 is 0 Å². The van der Waals surface area contributed by atoms with E-state index in [1.807, 2.05) is 24.3 Å². The minimum atomic E-state index is 0.187. The van der Waals surface area contributed by atoms with Gasteiger partial charge in [-0.15, -0.1) is 0 Å². The fourth-order valence-corrected chi connectivity index (χ4v) is 2.57. The van der Waals surface area contributed by atoms with Crippen LogP contribution in [0.25, 0.3) is 5.95 Å². The molecule has 21 heavy (non-hydrogen) atoms. The SMILES string of the molecule is Nc1nc(SCc2ccc(Cl)cc2)nc(-n2ccnc2)n1. The molecule has 1 aromatic carbocycles. The zero-order valence-electron chi connectivity index (χ0n) is 10.8. The first-order valence-corrected chi connectivity index (χ1v) is 7.44. The number of nitrogens with two attached hydrogens (primary N) is 1. The predicted octanol–water partition coefficient (Wildman–Crippen LogP) is 2.59. The Morgan fingerprint density at radius 3 is 2.67 bits per heavy atom. The van der Waals surface area contributed by atoms with Crippen molar-refractivity contribution in [3.63, 3.8) is 0 Å². The molecule has 0 aliphatic heterocycles. The lowest BCUT2D eigenvalue weighted by Crippen LogP contribution is -2.06. The van der Waals surface area contributed by atoms with Crippen molar-refractivity contribution >= 4 is 29.3 Å². The van der Waals surface area contributed by atoms with E-state index in [2.05, 4.69) is 19.9 Å². The van der Waals surface area contributed by atoms with Crippen LogP contribution in [0.2, 0.25) is 5.02 Å². The molecule has 0 aliphatic rings. The Morgan fingerprint density at radius 2 is 1.95 bits per heavy atom. The molecule has 0 unspecified atom stereocenters. The molecule has 106 valence electrons. The molecule has 0 amide bonds. The van der Waals surface area contributed by atoms with Gasteiger partial charge in [0.25, 0.3) is 0 Å². The number of aromatic nitrogens is 5. The van der Waals surface area contributed by atoms with Gasteiger partial charge < -0.3 is 5.73 Å². The number of nitrogen functional groups attached to an aromatic ring is 1. The first-order valence-electron chi connectivity index (χ1n) is 6.08. The van der Waals surface area contributed by atoms with Crippen LogP contribution in [0.4, 0.5) is 5.95 Å². The van der Waals surface area contributed by atoms with E-state index in [0.717, 1.165) is 16.3 Å². The van der Waals surface area contributed by atoms with Crippen molar-refractivity contribution in [2.45, 2.75) is 10.9 Å². The summed E-state index contributed by atoms with van der Waals surface area (Å²) in [6, 6.07) is 7.65. The molecule has 0 bridgehead atoms. The molecule has 0 atom stereocenters. The van der Waals surface area contributed by atoms with Gasteiger partial charge in [0.1, 0.15) is 6.33 Å². The molecule has 0 saturated carbocycles. The predicted molar refractivity (Wildman–Crippen MR) is 82.4 cm³/mol. The number of anilines is 1. The van der Waals surface area contributed by atoms with Crippen LogP contribution in [-0.2, 0) is 5.75 Å². The van der Waals surface area contributed by atoms with Crippen molar-refractivity contribution < 1.29 is 0 Å². The van der Waals surface area contributed by atoms with Gasteiger partial charge in [-0.1, -0.05) is 35.5 Å². The third-order valence-corrected chi connectivity index (χ3v) is 3.81. The fraction of sp³-hybridized carbons (Fsp3) is 0.0769. The van der Waals surface area contributed by atoms with Gasteiger partial charge in [0.15, 0.2) is 5.16 Å². The van der Waals surface area contributed by atoms with Crippen molar-refractivity contribution in [2.75, 3.05) is 5.73 Å². The maximum atomic E-state index is 5.86. The van der Waals surface area contributed by atoms with Gasteiger partial charge in [0, 0.05) is 23.2 Å². The summed E-state index contributed by atoms with van der Waals surface area (Å²) in [4.78, 5) is 16.6. The Balaban J connectivity index is 1.78. The number of rotatable bonds is 4. The van der Waals surface area contributed by atoms with E-state index in [4.69, 9.17) is 17.3 Å². The van der Waals surface area contributed by atoms with Crippen LogP contribution in [0.1, 0.15) is 5.56 Å². The second kappa shape index (κ2) is 6.11. The number of hydrogen-bond donors (Lipinski definition) is 1. The topological polar surface area (TPSA) is 82.5 Å². The van der Waals surface area contributed by atoms with Crippen molar-refractivity contribution in [3.8, 4) is 5.95 Å². The highest BCUT2D eigenvalue weighted by Gasteiger charge is 2.07. The monoisotopic (exact) mass is 318 g/mol. The molecule has 8 heteroatoms. The maximum absolute atomic E-state index is 5.86. The van der Waals surface area contributed by atoms with E-state index in [-0.39, 0.29) is 5.95 Å². The Bertz CT molecular complexity index is 729. The molecule has 2 N–H and O–H groups in total. The molecule has 3 rings (SSSR count). The van der Waals surface area contributed by atoms with Gasteiger partial charge in [-0.2, -0.15) is 15.0 Å². The van der Waals surface area contributed by atoms with Gasteiger partial charge in [0.05, 0.1) is 0 Å². The number of nitrogens with zero attached hydrogens (tertiary/aromatic N) is 5. The Hall–Kier alpha value is -2.12. The average molecular weight is 319 g/mol. The summed E-state index contributed by atoms with van der Waals surface area (Å²) >= 11 is 7.35. The van der Waals surface area contributed by atoms with Gasteiger partial charge >= 0.3 is 0 Å². The minimum Gasteiger partial charge on any atom is -0.368 e. The normalized spacial score (nSPS) is 10.7. The number of imidazole rings is 1. The summed E-state index contributed by atoms with van der Waals surface area (Å²) in [5.41, 5.74) is 6.86. The van der Waals surface area contributed by atoms with Crippen molar-refractivity contribution in [1.82, 2.24) is 24.5 Å². The van der Waals surface area contributed by atoms with Crippen molar-refractivity contribution in [1.29, 1.82) is 0 Å². The average Bonchev–Trinajstić information content (AvgIpc) is 3.00. The molecule has 3 aromatic rings. The number of benzene rings is 1. The van der Waals surface area contributed by atoms with Crippen LogP contribution in [0.3, 0.4) is 0 Å². The quantitative estimate of drug-likeness (QED) is 0.744. The summed E-state index contributed by atoms with van der Waals surface area (Å²) < 4.78 is 1.68. The van der Waals surface area contributed by atoms with Crippen LogP contribution in [0.15, 0.2) is 48.1 Å².